The molecule has 0 saturated carbocycles. The van der Waals surface area contributed by atoms with Crippen LogP contribution in [0.1, 0.15) is 54.0 Å². The van der Waals surface area contributed by atoms with Gasteiger partial charge in [0.25, 0.3) is 0 Å². The molecule has 20 heavy (non-hydrogen) atoms. The van der Waals surface area contributed by atoms with Crippen molar-refractivity contribution in [3.05, 3.63) is 35.9 Å². The first-order valence-corrected chi connectivity index (χ1v) is 7.21. The van der Waals surface area contributed by atoms with E-state index in [1.165, 1.54) is 0 Å². The number of carbonyl (C=O) groups excluding carboxylic acids is 1. The topological polar surface area (TPSA) is 26.3 Å². The molecule has 0 N–H and O–H groups in total. The van der Waals surface area contributed by atoms with E-state index in [1.54, 1.807) is 0 Å². The van der Waals surface area contributed by atoms with Crippen molar-refractivity contribution in [2.45, 2.75) is 55.1 Å². The van der Waals surface area contributed by atoms with E-state index in [0.29, 0.717) is 6.61 Å². The lowest BCUT2D eigenvalue weighted by Gasteiger charge is -2.48. The van der Waals surface area contributed by atoms with Gasteiger partial charge in [-0.1, -0.05) is 71.9 Å². The molecule has 0 fully saturated rings. The third-order valence-corrected chi connectivity index (χ3v) is 4.62. The molecule has 1 aromatic rings. The highest BCUT2D eigenvalue weighted by molar-refractivity contribution is 5.78. The molecule has 0 aromatic heterocycles. The van der Waals surface area contributed by atoms with Crippen LogP contribution in [0.4, 0.5) is 0 Å². The van der Waals surface area contributed by atoms with Gasteiger partial charge in [0.1, 0.15) is 6.61 Å². The molecule has 0 amide bonds. The van der Waals surface area contributed by atoms with Gasteiger partial charge in [0.05, 0.1) is 5.41 Å². The van der Waals surface area contributed by atoms with Crippen molar-refractivity contribution < 1.29 is 9.53 Å². The smallest absolute Gasteiger partial charge is 0.313 e. The van der Waals surface area contributed by atoms with Crippen molar-refractivity contribution in [2.24, 2.45) is 16.2 Å². The molecular weight excluding hydrogens is 248 g/mol. The second-order valence-corrected chi connectivity index (χ2v) is 7.69. The summed E-state index contributed by atoms with van der Waals surface area (Å²) in [5, 5.41) is 0. The summed E-state index contributed by atoms with van der Waals surface area (Å²) in [5.41, 5.74) is 0.137. The van der Waals surface area contributed by atoms with E-state index in [-0.39, 0.29) is 16.8 Å². The standard InChI is InChI=1S/C18H28O2/c1-16(2,3)18(7,17(4,5)6)15(19)20-13-14-11-9-8-10-12-14/h8-12H,13H2,1-7H3. The van der Waals surface area contributed by atoms with Crippen LogP contribution >= 0.6 is 0 Å². The molecule has 0 radical (unpaired) electrons. The van der Waals surface area contributed by atoms with Crippen LogP contribution in [0.5, 0.6) is 0 Å². The molecule has 1 rings (SSSR count). The van der Waals surface area contributed by atoms with E-state index in [1.807, 2.05) is 37.3 Å². The molecule has 0 aliphatic carbocycles. The molecule has 0 heterocycles. The zero-order valence-corrected chi connectivity index (χ0v) is 13.9. The normalized spacial score (nSPS) is 13.2. The predicted molar refractivity (Wildman–Crippen MR) is 83.3 cm³/mol. The fourth-order valence-electron chi connectivity index (χ4n) is 2.60. The van der Waals surface area contributed by atoms with Gasteiger partial charge in [-0.25, -0.2) is 0 Å². The SMILES string of the molecule is CC(C)(C)C(C)(C(=O)OCc1ccccc1)C(C)(C)C. The van der Waals surface area contributed by atoms with Crippen molar-refractivity contribution >= 4 is 5.97 Å². The summed E-state index contributed by atoms with van der Waals surface area (Å²) >= 11 is 0. The van der Waals surface area contributed by atoms with Gasteiger partial charge in [0.15, 0.2) is 0 Å². The summed E-state index contributed by atoms with van der Waals surface area (Å²) in [5.74, 6) is -0.124. The van der Waals surface area contributed by atoms with Crippen LogP contribution in [-0.4, -0.2) is 5.97 Å². The molecule has 112 valence electrons. The highest BCUT2D eigenvalue weighted by Gasteiger charge is 2.53. The molecule has 0 aliphatic rings. The van der Waals surface area contributed by atoms with Crippen LogP contribution in [0.3, 0.4) is 0 Å². The quantitative estimate of drug-likeness (QED) is 0.739. The summed E-state index contributed by atoms with van der Waals surface area (Å²) in [6.45, 7) is 14.9. The monoisotopic (exact) mass is 276 g/mol. The minimum atomic E-state index is -0.547. The molecule has 0 unspecified atom stereocenters. The van der Waals surface area contributed by atoms with Gasteiger partial charge in [-0.2, -0.15) is 0 Å². The fourth-order valence-corrected chi connectivity index (χ4v) is 2.60. The Morgan fingerprint density at radius 2 is 1.35 bits per heavy atom. The average molecular weight is 276 g/mol. The minimum absolute atomic E-state index is 0.124. The van der Waals surface area contributed by atoms with Gasteiger partial charge in [0.2, 0.25) is 0 Å². The maximum atomic E-state index is 12.7. The van der Waals surface area contributed by atoms with Crippen LogP contribution in [0.15, 0.2) is 30.3 Å². The molecule has 0 bridgehead atoms. The average Bonchev–Trinajstić information content (AvgIpc) is 2.33. The number of esters is 1. The maximum Gasteiger partial charge on any atom is 0.313 e. The molecule has 2 heteroatoms. The van der Waals surface area contributed by atoms with Gasteiger partial charge in [-0.3, -0.25) is 4.79 Å². The lowest BCUT2D eigenvalue weighted by atomic mass is 9.55. The number of hydrogen-bond acceptors (Lipinski definition) is 2. The van der Waals surface area contributed by atoms with Crippen molar-refractivity contribution in [3.8, 4) is 0 Å². The Morgan fingerprint density at radius 1 is 0.900 bits per heavy atom. The highest BCUT2D eigenvalue weighted by atomic mass is 16.5. The molecule has 0 spiro atoms. The summed E-state index contributed by atoms with van der Waals surface area (Å²) in [4.78, 5) is 12.7. The second kappa shape index (κ2) is 5.59. The summed E-state index contributed by atoms with van der Waals surface area (Å²) < 4.78 is 5.61. The maximum absolute atomic E-state index is 12.7. The van der Waals surface area contributed by atoms with E-state index in [0.717, 1.165) is 5.56 Å². The van der Waals surface area contributed by atoms with Crippen LogP contribution in [0, 0.1) is 16.2 Å². The van der Waals surface area contributed by atoms with Gasteiger partial charge in [0, 0.05) is 0 Å². The Morgan fingerprint density at radius 3 is 1.75 bits per heavy atom. The molecule has 0 aliphatic heterocycles. The molecular formula is C18H28O2. The second-order valence-electron chi connectivity index (χ2n) is 7.69. The Kier molecular flexibility index (Phi) is 4.68. The predicted octanol–water partition coefficient (Wildman–Crippen LogP) is 4.83. The van der Waals surface area contributed by atoms with Crippen LogP contribution in [-0.2, 0) is 16.1 Å². The molecule has 2 nitrogen and oxygen atoms in total. The number of benzene rings is 1. The van der Waals surface area contributed by atoms with Crippen molar-refractivity contribution in [1.82, 2.24) is 0 Å². The van der Waals surface area contributed by atoms with Gasteiger partial charge in [-0.15, -0.1) is 0 Å². The summed E-state index contributed by atoms with van der Waals surface area (Å²) in [7, 11) is 0. The summed E-state index contributed by atoms with van der Waals surface area (Å²) in [6.07, 6.45) is 0. The van der Waals surface area contributed by atoms with E-state index in [9.17, 15) is 4.79 Å². The first kappa shape index (κ1) is 16.7. The van der Waals surface area contributed by atoms with E-state index >= 15 is 0 Å². The van der Waals surface area contributed by atoms with E-state index in [4.69, 9.17) is 4.74 Å². The van der Waals surface area contributed by atoms with Crippen molar-refractivity contribution in [2.75, 3.05) is 0 Å². The molecule has 0 atom stereocenters. The van der Waals surface area contributed by atoms with Crippen molar-refractivity contribution in [3.63, 3.8) is 0 Å². The van der Waals surface area contributed by atoms with Crippen molar-refractivity contribution in [1.29, 1.82) is 0 Å². The molecule has 0 saturated heterocycles. The first-order valence-electron chi connectivity index (χ1n) is 7.21. The Bertz CT molecular complexity index is 433. The highest BCUT2D eigenvalue weighted by Crippen LogP contribution is 2.52. The number of hydrogen-bond donors (Lipinski definition) is 0. The van der Waals surface area contributed by atoms with Crippen LogP contribution in [0.25, 0.3) is 0 Å². The lowest BCUT2D eigenvalue weighted by Crippen LogP contribution is -2.50. The van der Waals surface area contributed by atoms with E-state index < -0.39 is 5.41 Å². The number of rotatable bonds is 3. The Labute approximate surface area is 123 Å². The Balaban J connectivity index is 2.92. The van der Waals surface area contributed by atoms with Gasteiger partial charge in [-0.05, 0) is 23.3 Å². The largest absolute Gasteiger partial charge is 0.460 e. The number of carbonyl (C=O) groups is 1. The zero-order chi connectivity index (χ0) is 15.6. The third-order valence-electron chi connectivity index (χ3n) is 4.62. The van der Waals surface area contributed by atoms with E-state index in [2.05, 4.69) is 41.5 Å². The zero-order valence-electron chi connectivity index (χ0n) is 13.9. The van der Waals surface area contributed by atoms with Gasteiger partial charge < -0.3 is 4.74 Å². The number of ether oxygens (including phenoxy) is 1. The Hall–Kier alpha value is -1.31. The molecule has 1 aromatic carbocycles. The van der Waals surface area contributed by atoms with Gasteiger partial charge >= 0.3 is 5.97 Å². The minimum Gasteiger partial charge on any atom is -0.460 e. The van der Waals surface area contributed by atoms with Crippen LogP contribution < -0.4 is 0 Å². The van der Waals surface area contributed by atoms with Crippen LogP contribution in [0.2, 0.25) is 0 Å². The fraction of sp³-hybridized carbons (Fsp3) is 0.611. The summed E-state index contributed by atoms with van der Waals surface area (Å²) in [6, 6.07) is 9.81. The lowest BCUT2D eigenvalue weighted by molar-refractivity contribution is -0.174. The first-order chi connectivity index (χ1) is 9.00. The third kappa shape index (κ3) is 3.23.